The number of rotatable bonds is 3. The van der Waals surface area contributed by atoms with E-state index in [1.54, 1.807) is 24.6 Å². The lowest BCUT2D eigenvalue weighted by atomic mass is 10.2. The molecular weight excluding hydrogens is 352 g/mol. The van der Waals surface area contributed by atoms with Crippen molar-refractivity contribution in [2.24, 2.45) is 4.36 Å². The van der Waals surface area contributed by atoms with Crippen LogP contribution in [0, 0.1) is 6.92 Å². The number of nitrogens with zero attached hydrogens (tertiary/aromatic N) is 5. The normalized spacial score (nSPS) is 18.0. The summed E-state index contributed by atoms with van der Waals surface area (Å²) in [6.45, 7) is 5.93. The molecule has 2 aromatic rings. The van der Waals surface area contributed by atoms with Crippen LogP contribution in [0.15, 0.2) is 22.6 Å². The number of morpholine rings is 1. The van der Waals surface area contributed by atoms with Gasteiger partial charge in [-0.1, -0.05) is 0 Å². The number of ether oxygens (including phenoxy) is 1. The molecule has 2 aromatic heterocycles. The molecule has 0 aromatic carbocycles. The molecule has 26 heavy (non-hydrogen) atoms. The Bertz CT molecular complexity index is 911. The number of aryl methyl sites for hydroxylation is 1. The van der Waals surface area contributed by atoms with Gasteiger partial charge >= 0.3 is 0 Å². The van der Waals surface area contributed by atoms with Gasteiger partial charge in [-0.3, -0.25) is 0 Å². The van der Waals surface area contributed by atoms with Crippen LogP contribution in [0.1, 0.15) is 12.6 Å². The van der Waals surface area contributed by atoms with E-state index < -0.39 is 9.73 Å². The van der Waals surface area contributed by atoms with Gasteiger partial charge in [-0.25, -0.2) is 19.2 Å². The monoisotopic (exact) mass is 376 g/mol. The van der Waals surface area contributed by atoms with Gasteiger partial charge in [-0.2, -0.15) is 4.36 Å². The maximum Gasteiger partial charge on any atom is 0.167 e. The Morgan fingerprint density at radius 1 is 1.27 bits per heavy atom. The van der Waals surface area contributed by atoms with E-state index in [-0.39, 0.29) is 6.04 Å². The van der Waals surface area contributed by atoms with Crippen LogP contribution in [0.5, 0.6) is 0 Å². The molecule has 0 aliphatic carbocycles. The van der Waals surface area contributed by atoms with Crippen LogP contribution in [0.25, 0.3) is 11.4 Å². The first kappa shape index (κ1) is 18.5. The maximum absolute atomic E-state index is 12.2. The molecule has 8 nitrogen and oxygen atoms in total. The number of aromatic nitrogens is 3. The lowest BCUT2D eigenvalue weighted by molar-refractivity contribution is 0.0985. The summed E-state index contributed by atoms with van der Waals surface area (Å²) in [5.41, 5.74) is 7.41. The summed E-state index contributed by atoms with van der Waals surface area (Å²) < 4.78 is 22.0. The first-order chi connectivity index (χ1) is 12.2. The Morgan fingerprint density at radius 3 is 2.69 bits per heavy atom. The molecule has 1 saturated heterocycles. The summed E-state index contributed by atoms with van der Waals surface area (Å²) >= 11 is 0. The number of pyridine rings is 1. The summed E-state index contributed by atoms with van der Waals surface area (Å²) in [7, 11) is -2.35. The largest absolute Gasteiger partial charge is 0.384 e. The first-order valence-corrected chi connectivity index (χ1v) is 10.7. The number of nitrogens with two attached hydrogens (primary N) is 1. The Balaban J connectivity index is 2.15. The third-order valence-electron chi connectivity index (χ3n) is 3.91. The number of hydrogen-bond donors (Lipinski definition) is 1. The van der Waals surface area contributed by atoms with Crippen LogP contribution >= 0.6 is 0 Å². The second-order valence-electron chi connectivity index (χ2n) is 6.72. The lowest BCUT2D eigenvalue weighted by Crippen LogP contribution is -2.44. The highest BCUT2D eigenvalue weighted by atomic mass is 32.2. The molecular formula is C17H24N6O2S. The molecule has 140 valence electrons. The van der Waals surface area contributed by atoms with Gasteiger partial charge in [0, 0.05) is 46.1 Å². The topological polar surface area (TPSA) is 107 Å². The van der Waals surface area contributed by atoms with Crippen molar-refractivity contribution < 1.29 is 8.95 Å². The Hall–Kier alpha value is -2.26. The second-order valence-corrected chi connectivity index (χ2v) is 9.27. The van der Waals surface area contributed by atoms with E-state index in [9.17, 15) is 4.21 Å². The zero-order valence-corrected chi connectivity index (χ0v) is 16.3. The van der Waals surface area contributed by atoms with Crippen molar-refractivity contribution in [2.45, 2.75) is 19.9 Å². The van der Waals surface area contributed by atoms with E-state index in [1.165, 1.54) is 0 Å². The van der Waals surface area contributed by atoms with Gasteiger partial charge < -0.3 is 15.4 Å². The van der Waals surface area contributed by atoms with Gasteiger partial charge in [0.2, 0.25) is 0 Å². The standard InChI is InChI=1S/C17H24N6O2S/c1-11-7-13(8-14(18)19-11)17-20-15(22-26(3,4)24)9-16(21-17)23-5-6-25-10-12(23)2/h7-9,12H,5-6,10H2,1-4H3,(H2,18,19)/t12-/m1/s1. The summed E-state index contributed by atoms with van der Waals surface area (Å²) in [6.07, 6.45) is 3.17. The van der Waals surface area contributed by atoms with Crippen molar-refractivity contribution in [3.8, 4) is 11.4 Å². The first-order valence-electron chi connectivity index (χ1n) is 8.36. The van der Waals surface area contributed by atoms with Crippen LogP contribution in [0.3, 0.4) is 0 Å². The second kappa shape index (κ2) is 7.16. The molecule has 3 rings (SSSR count). The number of hydrogen-bond acceptors (Lipinski definition) is 8. The van der Waals surface area contributed by atoms with E-state index in [4.69, 9.17) is 15.5 Å². The van der Waals surface area contributed by atoms with Crippen molar-refractivity contribution in [1.82, 2.24) is 15.0 Å². The quantitative estimate of drug-likeness (QED) is 0.873. The predicted octanol–water partition coefficient (Wildman–Crippen LogP) is 2.01. The van der Waals surface area contributed by atoms with Crippen LogP contribution in [0.2, 0.25) is 0 Å². The van der Waals surface area contributed by atoms with Gasteiger partial charge in [0.15, 0.2) is 11.6 Å². The molecule has 9 heteroatoms. The van der Waals surface area contributed by atoms with Gasteiger partial charge in [-0.05, 0) is 26.0 Å². The highest BCUT2D eigenvalue weighted by Crippen LogP contribution is 2.27. The number of nitrogen functional groups attached to an aromatic ring is 1. The zero-order chi connectivity index (χ0) is 18.9. The molecule has 0 unspecified atom stereocenters. The third-order valence-corrected chi connectivity index (χ3v) is 4.53. The van der Waals surface area contributed by atoms with Crippen molar-refractivity contribution in [2.75, 3.05) is 42.9 Å². The molecule has 3 heterocycles. The lowest BCUT2D eigenvalue weighted by Gasteiger charge is -2.34. The van der Waals surface area contributed by atoms with E-state index in [0.717, 1.165) is 23.6 Å². The van der Waals surface area contributed by atoms with Gasteiger partial charge in [-0.15, -0.1) is 0 Å². The number of anilines is 2. The van der Waals surface area contributed by atoms with Crippen LogP contribution in [-0.2, 0) is 14.5 Å². The molecule has 1 aliphatic heterocycles. The zero-order valence-electron chi connectivity index (χ0n) is 15.5. The minimum Gasteiger partial charge on any atom is -0.384 e. The molecule has 1 aliphatic rings. The van der Waals surface area contributed by atoms with Crippen molar-refractivity contribution in [3.05, 3.63) is 23.9 Å². The smallest absolute Gasteiger partial charge is 0.167 e. The Kier molecular flexibility index (Phi) is 5.10. The molecule has 2 N–H and O–H groups in total. The van der Waals surface area contributed by atoms with Crippen molar-refractivity contribution >= 4 is 27.2 Å². The van der Waals surface area contributed by atoms with Crippen molar-refractivity contribution in [1.29, 1.82) is 0 Å². The third kappa shape index (κ3) is 4.47. The van der Waals surface area contributed by atoms with E-state index >= 15 is 0 Å². The Morgan fingerprint density at radius 2 is 2.04 bits per heavy atom. The minimum absolute atomic E-state index is 0.177. The fourth-order valence-electron chi connectivity index (χ4n) is 2.86. The summed E-state index contributed by atoms with van der Waals surface area (Å²) in [5, 5.41) is 0. The molecule has 0 saturated carbocycles. The van der Waals surface area contributed by atoms with Gasteiger partial charge in [0.05, 0.1) is 19.3 Å². The summed E-state index contributed by atoms with van der Waals surface area (Å²) in [6, 6.07) is 5.55. The molecule has 0 amide bonds. The van der Waals surface area contributed by atoms with E-state index in [2.05, 4.69) is 26.2 Å². The Labute approximate surface area is 154 Å². The molecule has 0 bridgehead atoms. The van der Waals surface area contributed by atoms with Crippen molar-refractivity contribution in [3.63, 3.8) is 0 Å². The van der Waals surface area contributed by atoms with Crippen LogP contribution in [-0.4, -0.2) is 57.5 Å². The fraction of sp³-hybridized carbons (Fsp3) is 0.471. The van der Waals surface area contributed by atoms with Crippen LogP contribution in [0.4, 0.5) is 17.5 Å². The average Bonchev–Trinajstić information content (AvgIpc) is 2.52. The highest BCUT2D eigenvalue weighted by Gasteiger charge is 2.22. The fourth-order valence-corrected chi connectivity index (χ4v) is 3.41. The highest BCUT2D eigenvalue weighted by molar-refractivity contribution is 7.92. The van der Waals surface area contributed by atoms with Gasteiger partial charge in [0.1, 0.15) is 11.6 Å². The minimum atomic E-state index is -2.35. The predicted molar refractivity (Wildman–Crippen MR) is 104 cm³/mol. The molecule has 0 radical (unpaired) electrons. The van der Waals surface area contributed by atoms with E-state index in [1.807, 2.05) is 13.0 Å². The van der Waals surface area contributed by atoms with Gasteiger partial charge in [0.25, 0.3) is 0 Å². The van der Waals surface area contributed by atoms with E-state index in [0.29, 0.717) is 30.7 Å². The molecule has 1 atom stereocenters. The maximum atomic E-state index is 12.2. The SMILES string of the molecule is Cc1cc(-c2nc(N=S(C)(C)=O)cc(N3CCOC[C@H]3C)n2)cc(N)n1. The summed E-state index contributed by atoms with van der Waals surface area (Å²) in [5.74, 6) is 2.02. The summed E-state index contributed by atoms with van der Waals surface area (Å²) in [4.78, 5) is 15.5. The average molecular weight is 376 g/mol. The molecule has 1 fully saturated rings. The molecule has 0 spiro atoms. The van der Waals surface area contributed by atoms with Crippen LogP contribution < -0.4 is 10.6 Å².